The van der Waals surface area contributed by atoms with Crippen molar-refractivity contribution in [3.63, 3.8) is 0 Å². The summed E-state index contributed by atoms with van der Waals surface area (Å²) < 4.78 is 28.0. The molecule has 1 saturated heterocycles. The van der Waals surface area contributed by atoms with E-state index in [0.717, 1.165) is 38.3 Å². The third-order valence-corrected chi connectivity index (χ3v) is 5.93. The maximum Gasteiger partial charge on any atom is 0.253 e. The number of nitrogens with zero attached hydrogens (tertiary/aromatic N) is 2. The van der Waals surface area contributed by atoms with E-state index in [1.165, 1.54) is 11.8 Å². The van der Waals surface area contributed by atoms with Crippen LogP contribution in [0.3, 0.4) is 0 Å². The molecule has 1 amide bonds. The summed E-state index contributed by atoms with van der Waals surface area (Å²) in [5.74, 6) is 0.844. The predicted octanol–water partition coefficient (Wildman–Crippen LogP) is 2.59. The Balaban J connectivity index is 1.57. The number of methoxy groups -OCH3 is 1. The summed E-state index contributed by atoms with van der Waals surface area (Å²) >= 11 is 0. The number of ether oxygens (including phenoxy) is 1. The van der Waals surface area contributed by atoms with E-state index >= 15 is 0 Å². The Hall–Kier alpha value is -2.38. The van der Waals surface area contributed by atoms with Gasteiger partial charge in [0.1, 0.15) is 5.75 Å². The van der Waals surface area contributed by atoms with E-state index in [0.29, 0.717) is 17.7 Å². The van der Waals surface area contributed by atoms with Crippen LogP contribution in [0.25, 0.3) is 0 Å². The van der Waals surface area contributed by atoms with Gasteiger partial charge in [-0.05, 0) is 41.8 Å². The molecule has 7 heteroatoms. The Labute approximate surface area is 173 Å². The van der Waals surface area contributed by atoms with Crippen molar-refractivity contribution >= 4 is 15.7 Å². The molecule has 0 saturated carbocycles. The minimum Gasteiger partial charge on any atom is -0.497 e. The summed E-state index contributed by atoms with van der Waals surface area (Å²) in [6.45, 7) is 4.03. The lowest BCUT2D eigenvalue weighted by Gasteiger charge is -2.22. The second-order valence-electron chi connectivity index (χ2n) is 7.54. The van der Waals surface area contributed by atoms with E-state index in [4.69, 9.17) is 4.74 Å². The minimum atomic E-state index is -3.08. The van der Waals surface area contributed by atoms with Crippen LogP contribution < -0.4 is 4.74 Å². The third-order valence-electron chi connectivity index (χ3n) is 5.07. The fraction of sp³-hybridized carbons (Fsp3) is 0.409. The molecule has 0 bridgehead atoms. The highest BCUT2D eigenvalue weighted by Crippen LogP contribution is 2.16. The van der Waals surface area contributed by atoms with Crippen LogP contribution in [0, 0.1) is 0 Å². The summed E-state index contributed by atoms with van der Waals surface area (Å²) in [7, 11) is -1.42. The zero-order valence-corrected chi connectivity index (χ0v) is 17.8. The highest BCUT2D eigenvalue weighted by Gasteiger charge is 2.20. The fourth-order valence-electron chi connectivity index (χ4n) is 3.55. The van der Waals surface area contributed by atoms with Gasteiger partial charge in [0.15, 0.2) is 9.84 Å². The molecule has 6 nitrogen and oxygen atoms in total. The van der Waals surface area contributed by atoms with Crippen molar-refractivity contribution in [2.75, 3.05) is 39.5 Å². The number of sulfone groups is 1. The van der Waals surface area contributed by atoms with E-state index in [1.807, 2.05) is 17.0 Å². The maximum absolute atomic E-state index is 12.9. The lowest BCUT2D eigenvalue weighted by Crippen LogP contribution is -2.35. The first-order valence-electron chi connectivity index (χ1n) is 9.75. The Morgan fingerprint density at radius 3 is 2.21 bits per heavy atom. The Bertz CT molecular complexity index is 924. The zero-order chi connectivity index (χ0) is 20.9. The largest absolute Gasteiger partial charge is 0.497 e. The summed E-state index contributed by atoms with van der Waals surface area (Å²) in [4.78, 5) is 17.1. The Morgan fingerprint density at radius 1 is 0.931 bits per heavy atom. The first kappa shape index (κ1) is 21.3. The molecule has 1 aliphatic rings. The molecule has 1 fully saturated rings. The number of hydrogen-bond acceptors (Lipinski definition) is 5. The van der Waals surface area contributed by atoms with Gasteiger partial charge in [0.05, 0.1) is 12.9 Å². The molecule has 1 aliphatic heterocycles. The molecule has 0 N–H and O–H groups in total. The van der Waals surface area contributed by atoms with Crippen molar-refractivity contribution < 1.29 is 17.9 Å². The Kier molecular flexibility index (Phi) is 6.92. The maximum atomic E-state index is 12.9. The SMILES string of the molecule is COc1ccc(CN2CCCN(C(=O)c3ccc(CS(C)(=O)=O)cc3)CC2)cc1. The minimum absolute atomic E-state index is 0.00204. The van der Waals surface area contributed by atoms with E-state index in [9.17, 15) is 13.2 Å². The van der Waals surface area contributed by atoms with E-state index in [1.54, 1.807) is 31.4 Å². The number of hydrogen-bond donors (Lipinski definition) is 0. The molecule has 0 unspecified atom stereocenters. The molecule has 0 aliphatic carbocycles. The summed E-state index contributed by atoms with van der Waals surface area (Å²) in [5, 5.41) is 0. The van der Waals surface area contributed by atoms with Gasteiger partial charge in [-0.3, -0.25) is 9.69 Å². The zero-order valence-electron chi connectivity index (χ0n) is 17.0. The molecular weight excluding hydrogens is 388 g/mol. The average Bonchev–Trinajstić information content (AvgIpc) is 2.93. The van der Waals surface area contributed by atoms with Gasteiger partial charge < -0.3 is 9.64 Å². The number of carbonyl (C=O) groups excluding carboxylic acids is 1. The molecule has 156 valence electrons. The van der Waals surface area contributed by atoms with Crippen LogP contribution in [0.2, 0.25) is 0 Å². The monoisotopic (exact) mass is 416 g/mol. The van der Waals surface area contributed by atoms with Gasteiger partial charge in [-0.2, -0.15) is 0 Å². The highest BCUT2D eigenvalue weighted by molar-refractivity contribution is 7.89. The van der Waals surface area contributed by atoms with Gasteiger partial charge in [0.25, 0.3) is 5.91 Å². The van der Waals surface area contributed by atoms with Gasteiger partial charge in [0, 0.05) is 44.5 Å². The quantitative estimate of drug-likeness (QED) is 0.724. The predicted molar refractivity (Wildman–Crippen MR) is 114 cm³/mol. The Morgan fingerprint density at radius 2 is 1.59 bits per heavy atom. The van der Waals surface area contributed by atoms with Crippen LogP contribution in [0.4, 0.5) is 0 Å². The summed E-state index contributed by atoms with van der Waals surface area (Å²) in [5.41, 5.74) is 2.53. The van der Waals surface area contributed by atoms with Gasteiger partial charge in [0.2, 0.25) is 0 Å². The summed E-state index contributed by atoms with van der Waals surface area (Å²) in [6.07, 6.45) is 2.13. The number of amides is 1. The van der Waals surface area contributed by atoms with Crippen molar-refractivity contribution in [1.82, 2.24) is 9.80 Å². The molecule has 0 atom stereocenters. The fourth-order valence-corrected chi connectivity index (χ4v) is 4.35. The molecular formula is C22H28N2O4S. The van der Waals surface area contributed by atoms with Gasteiger partial charge in [-0.1, -0.05) is 24.3 Å². The van der Waals surface area contributed by atoms with Gasteiger partial charge in [-0.15, -0.1) is 0 Å². The number of benzene rings is 2. The second kappa shape index (κ2) is 9.41. The topological polar surface area (TPSA) is 66.9 Å². The first-order chi connectivity index (χ1) is 13.8. The summed E-state index contributed by atoms with van der Waals surface area (Å²) in [6, 6.07) is 15.0. The van der Waals surface area contributed by atoms with Crippen LogP contribution in [0.1, 0.15) is 27.9 Å². The molecule has 29 heavy (non-hydrogen) atoms. The lowest BCUT2D eigenvalue weighted by atomic mass is 10.1. The standard InChI is InChI=1S/C22H28N2O4S/c1-28-21-10-6-18(7-11-21)16-23-12-3-13-24(15-14-23)22(25)20-8-4-19(5-9-20)17-29(2,26)27/h4-11H,3,12-17H2,1-2H3. The third kappa shape index (κ3) is 6.30. The molecule has 0 aromatic heterocycles. The van der Waals surface area contributed by atoms with E-state index in [-0.39, 0.29) is 11.7 Å². The van der Waals surface area contributed by atoms with Crippen LogP contribution in [-0.2, 0) is 22.1 Å². The first-order valence-corrected chi connectivity index (χ1v) is 11.8. The van der Waals surface area contributed by atoms with Crippen molar-refractivity contribution in [2.45, 2.75) is 18.7 Å². The van der Waals surface area contributed by atoms with Crippen LogP contribution in [0.5, 0.6) is 5.75 Å². The molecule has 0 radical (unpaired) electrons. The second-order valence-corrected chi connectivity index (χ2v) is 9.68. The molecule has 1 heterocycles. The van der Waals surface area contributed by atoms with Crippen molar-refractivity contribution in [3.8, 4) is 5.75 Å². The highest BCUT2D eigenvalue weighted by atomic mass is 32.2. The molecule has 2 aromatic rings. The van der Waals surface area contributed by atoms with Gasteiger partial charge >= 0.3 is 0 Å². The van der Waals surface area contributed by atoms with Gasteiger partial charge in [-0.25, -0.2) is 8.42 Å². The van der Waals surface area contributed by atoms with Crippen molar-refractivity contribution in [2.24, 2.45) is 0 Å². The van der Waals surface area contributed by atoms with Crippen LogP contribution >= 0.6 is 0 Å². The van der Waals surface area contributed by atoms with E-state index in [2.05, 4.69) is 17.0 Å². The normalized spacial score (nSPS) is 15.7. The van der Waals surface area contributed by atoms with Crippen molar-refractivity contribution in [1.29, 1.82) is 0 Å². The smallest absolute Gasteiger partial charge is 0.253 e. The van der Waals surface area contributed by atoms with Crippen molar-refractivity contribution in [3.05, 3.63) is 65.2 Å². The molecule has 0 spiro atoms. The average molecular weight is 417 g/mol. The van der Waals surface area contributed by atoms with Crippen LogP contribution in [-0.4, -0.2) is 63.7 Å². The number of carbonyl (C=O) groups is 1. The molecule has 2 aromatic carbocycles. The van der Waals surface area contributed by atoms with Crippen LogP contribution in [0.15, 0.2) is 48.5 Å². The lowest BCUT2D eigenvalue weighted by molar-refractivity contribution is 0.0761. The molecule has 3 rings (SSSR count). The number of rotatable bonds is 6. The van der Waals surface area contributed by atoms with E-state index < -0.39 is 9.84 Å².